The molecule has 2 rings (SSSR count). The minimum atomic E-state index is -0.574. The number of amides is 1. The summed E-state index contributed by atoms with van der Waals surface area (Å²) in [5, 5.41) is 6.09. The van der Waals surface area contributed by atoms with Gasteiger partial charge in [-0.1, -0.05) is 26.0 Å². The normalized spacial score (nSPS) is 11.0. The lowest BCUT2D eigenvalue weighted by molar-refractivity contribution is -0.128. The highest BCUT2D eigenvalue weighted by atomic mass is 32.1. The second kappa shape index (κ2) is 12.4. The Bertz CT molecular complexity index is 897. The van der Waals surface area contributed by atoms with Crippen LogP contribution in [0.4, 0.5) is 5.69 Å². The van der Waals surface area contributed by atoms with Crippen LogP contribution in [0, 0.1) is 19.3 Å². The summed E-state index contributed by atoms with van der Waals surface area (Å²) < 4.78 is 16.4. The Kier molecular flexibility index (Phi) is 9.94. The zero-order valence-corrected chi connectivity index (χ0v) is 20.4. The average Bonchev–Trinajstić information content (AvgIpc) is 2.75. The van der Waals surface area contributed by atoms with Crippen molar-refractivity contribution in [2.75, 3.05) is 32.2 Å². The van der Waals surface area contributed by atoms with Gasteiger partial charge in [0.1, 0.15) is 18.1 Å². The number of thiocarbonyl (C=S) groups is 1. The maximum Gasteiger partial charge on any atom is 0.231 e. The minimum Gasteiger partial charge on any atom is -0.493 e. The van der Waals surface area contributed by atoms with Crippen LogP contribution in [0.25, 0.3) is 0 Å². The van der Waals surface area contributed by atoms with E-state index >= 15 is 0 Å². The van der Waals surface area contributed by atoms with Gasteiger partial charge in [-0.3, -0.25) is 4.79 Å². The van der Waals surface area contributed by atoms with Gasteiger partial charge in [-0.25, -0.2) is 0 Å². The second-order valence-electron chi connectivity index (χ2n) is 8.38. The van der Waals surface area contributed by atoms with Crippen LogP contribution in [-0.2, 0) is 9.53 Å². The highest BCUT2D eigenvalue weighted by molar-refractivity contribution is 7.80. The van der Waals surface area contributed by atoms with E-state index in [0.717, 1.165) is 29.2 Å². The quantitative estimate of drug-likeness (QED) is 0.364. The Balaban J connectivity index is 1.76. The van der Waals surface area contributed by atoms with Gasteiger partial charge in [-0.05, 0) is 80.4 Å². The molecule has 0 spiro atoms. The Morgan fingerprint density at radius 1 is 1.00 bits per heavy atom. The van der Waals surface area contributed by atoms with Gasteiger partial charge in [0.05, 0.1) is 13.2 Å². The van der Waals surface area contributed by atoms with Gasteiger partial charge in [-0.2, -0.15) is 0 Å². The van der Waals surface area contributed by atoms with E-state index in [9.17, 15) is 4.79 Å². The van der Waals surface area contributed by atoms with E-state index in [-0.39, 0.29) is 11.0 Å². The third kappa shape index (κ3) is 8.48. The molecule has 32 heavy (non-hydrogen) atoms. The first-order valence-electron chi connectivity index (χ1n) is 10.8. The topological polar surface area (TPSA) is 68.8 Å². The van der Waals surface area contributed by atoms with Crippen LogP contribution in [0.1, 0.15) is 37.8 Å². The lowest BCUT2D eigenvalue weighted by Gasteiger charge is -2.24. The zero-order chi connectivity index (χ0) is 23.6. The molecule has 7 heteroatoms. The predicted molar refractivity (Wildman–Crippen MR) is 133 cm³/mol. The van der Waals surface area contributed by atoms with Crippen molar-refractivity contribution >= 4 is 28.9 Å². The van der Waals surface area contributed by atoms with Crippen molar-refractivity contribution in [1.82, 2.24) is 5.32 Å². The van der Waals surface area contributed by atoms with E-state index in [1.165, 1.54) is 5.56 Å². The van der Waals surface area contributed by atoms with Gasteiger partial charge in [0.2, 0.25) is 5.91 Å². The smallest absolute Gasteiger partial charge is 0.231 e. The fourth-order valence-electron chi connectivity index (χ4n) is 2.98. The van der Waals surface area contributed by atoms with Crippen LogP contribution in [0.3, 0.4) is 0 Å². The molecule has 0 bridgehead atoms. The summed E-state index contributed by atoms with van der Waals surface area (Å²) in [5.74, 6) is 1.51. The van der Waals surface area contributed by atoms with Gasteiger partial charge in [0.15, 0.2) is 5.11 Å². The van der Waals surface area contributed by atoms with Gasteiger partial charge < -0.3 is 24.8 Å². The van der Waals surface area contributed by atoms with E-state index in [1.807, 2.05) is 58.0 Å². The van der Waals surface area contributed by atoms with Crippen molar-refractivity contribution in [3.8, 4) is 11.5 Å². The summed E-state index contributed by atoms with van der Waals surface area (Å²) in [6, 6.07) is 13.5. The minimum absolute atomic E-state index is 0.124. The molecule has 0 radical (unpaired) electrons. The number of hydrogen-bond acceptors (Lipinski definition) is 5. The molecular weight excluding hydrogens is 424 g/mol. The van der Waals surface area contributed by atoms with Crippen molar-refractivity contribution in [1.29, 1.82) is 0 Å². The maximum atomic E-state index is 12.7. The molecule has 0 aliphatic heterocycles. The summed E-state index contributed by atoms with van der Waals surface area (Å²) in [7, 11) is 1.63. The van der Waals surface area contributed by atoms with Crippen molar-refractivity contribution in [2.45, 2.75) is 40.5 Å². The Morgan fingerprint density at radius 3 is 2.41 bits per heavy atom. The van der Waals surface area contributed by atoms with E-state index in [1.54, 1.807) is 7.11 Å². The average molecular weight is 459 g/mol. The van der Waals surface area contributed by atoms with Gasteiger partial charge in [0, 0.05) is 18.2 Å². The molecule has 1 amide bonds. The van der Waals surface area contributed by atoms with Crippen LogP contribution in [0.2, 0.25) is 0 Å². The van der Waals surface area contributed by atoms with E-state index < -0.39 is 5.41 Å². The standard InChI is InChI=1S/C25H34N2O4S/c1-18-7-8-19(2)22(17-18)31-14-6-13-25(3,4)23(28)27-24(32)26-20-9-11-21(12-10-20)30-16-15-29-5/h7-12,17H,6,13-16H2,1-5H3,(H2,26,27,28,32). The number of ether oxygens (including phenoxy) is 3. The molecule has 0 saturated heterocycles. The maximum absolute atomic E-state index is 12.7. The van der Waals surface area contributed by atoms with Crippen molar-refractivity contribution in [2.24, 2.45) is 5.41 Å². The Labute approximate surface area is 196 Å². The number of benzene rings is 2. The van der Waals surface area contributed by atoms with E-state index in [0.29, 0.717) is 26.2 Å². The molecule has 0 atom stereocenters. The highest BCUT2D eigenvalue weighted by Gasteiger charge is 2.27. The molecule has 6 nitrogen and oxygen atoms in total. The molecule has 0 unspecified atom stereocenters. The molecule has 174 valence electrons. The third-order valence-corrected chi connectivity index (χ3v) is 5.26. The molecule has 0 aromatic heterocycles. The van der Waals surface area contributed by atoms with Crippen LogP contribution in [0.5, 0.6) is 11.5 Å². The third-order valence-electron chi connectivity index (χ3n) is 5.06. The monoisotopic (exact) mass is 458 g/mol. The van der Waals surface area contributed by atoms with Gasteiger partial charge in [-0.15, -0.1) is 0 Å². The van der Waals surface area contributed by atoms with Gasteiger partial charge in [0.25, 0.3) is 0 Å². The Hall–Kier alpha value is -2.64. The number of hydrogen-bond donors (Lipinski definition) is 2. The van der Waals surface area contributed by atoms with Crippen LogP contribution < -0.4 is 20.1 Å². The van der Waals surface area contributed by atoms with Crippen LogP contribution in [-0.4, -0.2) is 38.0 Å². The van der Waals surface area contributed by atoms with Gasteiger partial charge >= 0.3 is 0 Å². The summed E-state index contributed by atoms with van der Waals surface area (Å²) in [6.45, 7) is 9.47. The molecule has 0 fully saturated rings. The lowest BCUT2D eigenvalue weighted by atomic mass is 9.87. The van der Waals surface area contributed by atoms with E-state index in [2.05, 4.69) is 22.8 Å². The van der Waals surface area contributed by atoms with Crippen LogP contribution >= 0.6 is 12.2 Å². The first-order valence-corrected chi connectivity index (χ1v) is 11.2. The molecule has 0 aliphatic rings. The van der Waals surface area contributed by atoms with E-state index in [4.69, 9.17) is 26.4 Å². The van der Waals surface area contributed by atoms with Crippen molar-refractivity contribution in [3.05, 3.63) is 53.6 Å². The lowest BCUT2D eigenvalue weighted by Crippen LogP contribution is -2.42. The largest absolute Gasteiger partial charge is 0.493 e. The summed E-state index contributed by atoms with van der Waals surface area (Å²) in [6.07, 6.45) is 1.44. The zero-order valence-electron chi connectivity index (χ0n) is 19.6. The fraction of sp³-hybridized carbons (Fsp3) is 0.440. The summed E-state index contributed by atoms with van der Waals surface area (Å²) in [4.78, 5) is 12.7. The molecule has 0 aliphatic carbocycles. The first kappa shape index (κ1) is 25.6. The number of nitrogens with one attached hydrogen (secondary N) is 2. The molecule has 2 N–H and O–H groups in total. The Morgan fingerprint density at radius 2 is 1.72 bits per heavy atom. The number of anilines is 1. The van der Waals surface area contributed by atoms with Crippen molar-refractivity contribution in [3.63, 3.8) is 0 Å². The molecule has 2 aromatic carbocycles. The second-order valence-corrected chi connectivity index (χ2v) is 8.79. The number of carbonyl (C=O) groups excluding carboxylic acids is 1. The molecule has 0 heterocycles. The predicted octanol–water partition coefficient (Wildman–Crippen LogP) is 5.03. The number of carbonyl (C=O) groups is 1. The molecule has 0 saturated carbocycles. The fourth-order valence-corrected chi connectivity index (χ4v) is 3.20. The SMILES string of the molecule is COCCOc1ccc(NC(=S)NC(=O)C(C)(C)CCCOc2cc(C)ccc2C)cc1. The molecular formula is C25H34N2O4S. The number of aryl methyl sites for hydroxylation is 2. The summed E-state index contributed by atoms with van der Waals surface area (Å²) in [5.41, 5.74) is 2.47. The van der Waals surface area contributed by atoms with Crippen LogP contribution in [0.15, 0.2) is 42.5 Å². The summed E-state index contributed by atoms with van der Waals surface area (Å²) >= 11 is 5.31. The number of rotatable bonds is 11. The highest BCUT2D eigenvalue weighted by Crippen LogP contribution is 2.24. The van der Waals surface area contributed by atoms with Crippen molar-refractivity contribution < 1.29 is 19.0 Å². The first-order chi connectivity index (χ1) is 15.2. The number of methoxy groups -OCH3 is 1. The molecule has 2 aromatic rings.